The number of nitrogens with one attached hydrogen (secondary N) is 1. The summed E-state index contributed by atoms with van der Waals surface area (Å²) in [6, 6.07) is 0.817. The monoisotopic (exact) mass is 221 g/mol. The van der Waals surface area contributed by atoms with E-state index in [0.29, 0.717) is 5.41 Å². The van der Waals surface area contributed by atoms with Crippen molar-refractivity contribution in [2.45, 2.75) is 45.6 Å². The Hall–Kier alpha value is -0.830. The number of aromatic nitrogens is 2. The lowest BCUT2D eigenvalue weighted by atomic mass is 9.86. The standard InChI is InChI=1S/C13H23N3/c1-13(2,10-14-12-4-5-12)7-6-11-8-15-16(3)9-11/h8-9,12,14H,4-7,10H2,1-3H3. The van der Waals surface area contributed by atoms with Crippen LogP contribution < -0.4 is 5.32 Å². The minimum Gasteiger partial charge on any atom is -0.313 e. The molecule has 1 aromatic heterocycles. The lowest BCUT2D eigenvalue weighted by Crippen LogP contribution is -2.31. The fraction of sp³-hybridized carbons (Fsp3) is 0.769. The van der Waals surface area contributed by atoms with Crippen LogP contribution in [0.1, 0.15) is 38.7 Å². The first-order valence-electron chi connectivity index (χ1n) is 6.26. The molecule has 0 atom stereocenters. The number of nitrogens with zero attached hydrogens (tertiary/aromatic N) is 2. The summed E-state index contributed by atoms with van der Waals surface area (Å²) in [7, 11) is 1.98. The van der Waals surface area contributed by atoms with Crippen LogP contribution in [0.2, 0.25) is 0 Å². The molecule has 0 bridgehead atoms. The molecule has 16 heavy (non-hydrogen) atoms. The van der Waals surface area contributed by atoms with Gasteiger partial charge in [-0.25, -0.2) is 0 Å². The van der Waals surface area contributed by atoms with Gasteiger partial charge < -0.3 is 5.32 Å². The van der Waals surface area contributed by atoms with Crippen LogP contribution in [-0.2, 0) is 13.5 Å². The number of hydrogen-bond donors (Lipinski definition) is 1. The molecule has 3 nitrogen and oxygen atoms in total. The van der Waals surface area contributed by atoms with Gasteiger partial charge in [0.15, 0.2) is 0 Å². The Morgan fingerprint density at radius 3 is 2.81 bits per heavy atom. The van der Waals surface area contributed by atoms with Crippen LogP contribution in [0.25, 0.3) is 0 Å². The largest absolute Gasteiger partial charge is 0.313 e. The number of rotatable bonds is 6. The molecule has 1 N–H and O–H groups in total. The highest BCUT2D eigenvalue weighted by molar-refractivity contribution is 5.04. The summed E-state index contributed by atoms with van der Waals surface area (Å²) in [6.45, 7) is 5.83. The van der Waals surface area contributed by atoms with Gasteiger partial charge in [0.1, 0.15) is 0 Å². The van der Waals surface area contributed by atoms with Crippen molar-refractivity contribution in [1.82, 2.24) is 15.1 Å². The lowest BCUT2D eigenvalue weighted by Gasteiger charge is -2.24. The Kier molecular flexibility index (Phi) is 3.33. The number of aryl methyl sites for hydroxylation is 2. The second-order valence-electron chi connectivity index (χ2n) is 5.84. The van der Waals surface area contributed by atoms with Gasteiger partial charge in [-0.15, -0.1) is 0 Å². The summed E-state index contributed by atoms with van der Waals surface area (Å²) in [4.78, 5) is 0. The van der Waals surface area contributed by atoms with Gasteiger partial charge in [0.2, 0.25) is 0 Å². The smallest absolute Gasteiger partial charge is 0.0521 e. The quantitative estimate of drug-likeness (QED) is 0.797. The van der Waals surface area contributed by atoms with Crippen molar-refractivity contribution < 1.29 is 0 Å². The summed E-state index contributed by atoms with van der Waals surface area (Å²) < 4.78 is 1.88. The molecule has 1 aliphatic carbocycles. The first-order chi connectivity index (χ1) is 7.55. The van der Waals surface area contributed by atoms with E-state index in [-0.39, 0.29) is 0 Å². The molecule has 0 amide bonds. The van der Waals surface area contributed by atoms with Crippen LogP contribution in [0.3, 0.4) is 0 Å². The highest BCUT2D eigenvalue weighted by Gasteiger charge is 2.25. The van der Waals surface area contributed by atoms with Gasteiger partial charge in [-0.05, 0) is 36.7 Å². The minimum atomic E-state index is 0.387. The third-order valence-corrected chi connectivity index (χ3v) is 3.30. The van der Waals surface area contributed by atoms with Gasteiger partial charge in [-0.1, -0.05) is 13.8 Å². The van der Waals surface area contributed by atoms with Crippen molar-refractivity contribution in [2.75, 3.05) is 6.54 Å². The highest BCUT2D eigenvalue weighted by atomic mass is 15.2. The van der Waals surface area contributed by atoms with Crippen LogP contribution in [-0.4, -0.2) is 22.4 Å². The predicted octanol–water partition coefficient (Wildman–Crippen LogP) is 2.13. The first kappa shape index (κ1) is 11.6. The van der Waals surface area contributed by atoms with Gasteiger partial charge in [-0.2, -0.15) is 5.10 Å². The van der Waals surface area contributed by atoms with Crippen LogP contribution in [0, 0.1) is 5.41 Å². The normalized spacial score (nSPS) is 16.7. The van der Waals surface area contributed by atoms with Crippen molar-refractivity contribution in [1.29, 1.82) is 0 Å². The summed E-state index contributed by atoms with van der Waals surface area (Å²) in [5.41, 5.74) is 1.74. The molecule has 1 fully saturated rings. The Labute approximate surface area is 98.2 Å². The zero-order chi connectivity index (χ0) is 11.6. The van der Waals surface area contributed by atoms with E-state index in [1.807, 2.05) is 17.9 Å². The minimum absolute atomic E-state index is 0.387. The van der Waals surface area contributed by atoms with E-state index in [1.165, 1.54) is 24.8 Å². The maximum absolute atomic E-state index is 4.20. The van der Waals surface area contributed by atoms with Crippen molar-refractivity contribution in [3.63, 3.8) is 0 Å². The van der Waals surface area contributed by atoms with E-state index in [2.05, 4.69) is 30.5 Å². The van der Waals surface area contributed by atoms with Crippen LogP contribution in [0.4, 0.5) is 0 Å². The van der Waals surface area contributed by atoms with E-state index in [9.17, 15) is 0 Å². The Bertz CT molecular complexity index is 337. The second-order valence-corrected chi connectivity index (χ2v) is 5.84. The first-order valence-corrected chi connectivity index (χ1v) is 6.26. The van der Waals surface area contributed by atoms with Crippen molar-refractivity contribution in [3.8, 4) is 0 Å². The molecule has 0 spiro atoms. The third-order valence-electron chi connectivity index (χ3n) is 3.30. The van der Waals surface area contributed by atoms with Gasteiger partial charge in [-0.3, -0.25) is 4.68 Å². The van der Waals surface area contributed by atoms with Crippen LogP contribution >= 0.6 is 0 Å². The molecule has 1 aliphatic rings. The van der Waals surface area contributed by atoms with E-state index in [4.69, 9.17) is 0 Å². The fourth-order valence-corrected chi connectivity index (χ4v) is 1.88. The molecule has 0 aromatic carbocycles. The van der Waals surface area contributed by atoms with E-state index in [1.54, 1.807) is 0 Å². The van der Waals surface area contributed by atoms with Gasteiger partial charge in [0, 0.05) is 25.8 Å². The third kappa shape index (κ3) is 3.63. The van der Waals surface area contributed by atoms with Crippen molar-refractivity contribution in [3.05, 3.63) is 18.0 Å². The SMILES string of the molecule is Cn1cc(CCC(C)(C)CNC2CC2)cn1. The van der Waals surface area contributed by atoms with Crippen molar-refractivity contribution >= 4 is 0 Å². The second kappa shape index (κ2) is 4.58. The van der Waals surface area contributed by atoms with E-state index in [0.717, 1.165) is 19.0 Å². The maximum Gasteiger partial charge on any atom is 0.0521 e. The molecule has 0 saturated heterocycles. The Morgan fingerprint density at radius 2 is 2.25 bits per heavy atom. The highest BCUT2D eigenvalue weighted by Crippen LogP contribution is 2.25. The fourth-order valence-electron chi connectivity index (χ4n) is 1.88. The summed E-state index contributed by atoms with van der Waals surface area (Å²) in [5, 5.41) is 7.82. The average Bonchev–Trinajstić information content (AvgIpc) is 2.96. The molecule has 0 unspecified atom stereocenters. The van der Waals surface area contributed by atoms with Crippen LogP contribution in [0.15, 0.2) is 12.4 Å². The van der Waals surface area contributed by atoms with E-state index >= 15 is 0 Å². The summed E-state index contributed by atoms with van der Waals surface area (Å²) in [6.07, 6.45) is 9.19. The molecule has 1 aromatic rings. The Balaban J connectivity index is 1.74. The molecule has 3 heteroatoms. The average molecular weight is 221 g/mol. The van der Waals surface area contributed by atoms with Gasteiger partial charge in [0.05, 0.1) is 6.20 Å². The molecule has 0 radical (unpaired) electrons. The predicted molar refractivity (Wildman–Crippen MR) is 66.3 cm³/mol. The maximum atomic E-state index is 4.20. The van der Waals surface area contributed by atoms with Crippen molar-refractivity contribution in [2.24, 2.45) is 12.5 Å². The van der Waals surface area contributed by atoms with Gasteiger partial charge in [0.25, 0.3) is 0 Å². The molecule has 0 aliphatic heterocycles. The summed E-state index contributed by atoms with van der Waals surface area (Å²) >= 11 is 0. The Morgan fingerprint density at radius 1 is 1.50 bits per heavy atom. The molecular formula is C13H23N3. The zero-order valence-corrected chi connectivity index (χ0v) is 10.7. The van der Waals surface area contributed by atoms with Gasteiger partial charge >= 0.3 is 0 Å². The number of hydrogen-bond acceptors (Lipinski definition) is 2. The molecule has 1 saturated carbocycles. The summed E-state index contributed by atoms with van der Waals surface area (Å²) in [5.74, 6) is 0. The molecular weight excluding hydrogens is 198 g/mol. The van der Waals surface area contributed by atoms with E-state index < -0.39 is 0 Å². The zero-order valence-electron chi connectivity index (χ0n) is 10.7. The van der Waals surface area contributed by atoms with Crippen LogP contribution in [0.5, 0.6) is 0 Å². The molecule has 90 valence electrons. The lowest BCUT2D eigenvalue weighted by molar-refractivity contribution is 0.313. The topological polar surface area (TPSA) is 29.9 Å². The molecule has 2 rings (SSSR count). The molecule has 1 heterocycles.